The van der Waals surface area contributed by atoms with Crippen LogP contribution < -0.4 is 5.73 Å². The number of halogens is 1. The smallest absolute Gasteiger partial charge is 0.115 e. The fourth-order valence-corrected chi connectivity index (χ4v) is 1.77. The number of nitrogens with two attached hydrogens (primary N) is 1. The highest BCUT2D eigenvalue weighted by Crippen LogP contribution is 2.39. The molecule has 0 amide bonds. The summed E-state index contributed by atoms with van der Waals surface area (Å²) in [6.45, 7) is 0. The molecule has 0 aromatic carbocycles. The van der Waals surface area contributed by atoms with Gasteiger partial charge >= 0.3 is 0 Å². The average molecular weight is 184 g/mol. The number of hydrogen-bond donors (Lipinski definition) is 1. The Labute approximate surface area is 76.0 Å². The molecule has 1 aromatic heterocycles. The second-order valence-corrected chi connectivity index (χ2v) is 3.64. The summed E-state index contributed by atoms with van der Waals surface area (Å²) in [5, 5.41) is 0.583. The normalized spacial score (nSPS) is 20.2. The van der Waals surface area contributed by atoms with Crippen LogP contribution >= 0.6 is 11.6 Å². The summed E-state index contributed by atoms with van der Waals surface area (Å²) in [5.74, 6) is 0. The zero-order chi connectivity index (χ0) is 8.60. The fraction of sp³-hybridized carbons (Fsp3) is 0.500. The highest BCUT2D eigenvalue weighted by molar-refractivity contribution is 6.31. The zero-order valence-electron chi connectivity index (χ0n) is 6.63. The van der Waals surface area contributed by atoms with E-state index >= 15 is 0 Å². The van der Waals surface area contributed by atoms with Gasteiger partial charge in [0.25, 0.3) is 0 Å². The van der Waals surface area contributed by atoms with Crippen molar-refractivity contribution >= 4 is 11.6 Å². The van der Waals surface area contributed by atoms with Crippen LogP contribution in [0, 0.1) is 0 Å². The molecule has 1 aliphatic carbocycles. The topological polar surface area (TPSA) is 51.8 Å². The Kier molecular flexibility index (Phi) is 1.77. The van der Waals surface area contributed by atoms with Gasteiger partial charge in [-0.1, -0.05) is 11.6 Å². The van der Waals surface area contributed by atoms with Gasteiger partial charge in [0.05, 0.1) is 16.3 Å². The first kappa shape index (κ1) is 7.95. The molecule has 12 heavy (non-hydrogen) atoms. The first-order chi connectivity index (χ1) is 5.72. The van der Waals surface area contributed by atoms with Crippen LogP contribution in [-0.2, 0) is 5.54 Å². The van der Waals surface area contributed by atoms with Gasteiger partial charge in [-0.25, -0.2) is 9.97 Å². The molecule has 0 atom stereocenters. The lowest BCUT2D eigenvalue weighted by Crippen LogP contribution is -2.44. The van der Waals surface area contributed by atoms with E-state index in [9.17, 15) is 0 Å². The molecular weight excluding hydrogens is 174 g/mol. The van der Waals surface area contributed by atoms with Crippen molar-refractivity contribution in [3.8, 4) is 0 Å². The van der Waals surface area contributed by atoms with Crippen molar-refractivity contribution in [1.29, 1.82) is 0 Å². The number of rotatable bonds is 1. The average Bonchev–Trinajstić information content (AvgIpc) is 2.01. The quantitative estimate of drug-likeness (QED) is 0.718. The zero-order valence-corrected chi connectivity index (χ0v) is 7.38. The molecule has 1 saturated carbocycles. The monoisotopic (exact) mass is 183 g/mol. The van der Waals surface area contributed by atoms with Crippen molar-refractivity contribution in [3.05, 3.63) is 23.2 Å². The Hall–Kier alpha value is -0.670. The molecule has 0 saturated heterocycles. The van der Waals surface area contributed by atoms with E-state index in [0.717, 1.165) is 25.0 Å². The van der Waals surface area contributed by atoms with E-state index in [1.54, 1.807) is 6.20 Å². The van der Waals surface area contributed by atoms with Gasteiger partial charge in [-0.15, -0.1) is 0 Å². The van der Waals surface area contributed by atoms with E-state index in [-0.39, 0.29) is 5.54 Å². The third-order valence-corrected chi connectivity index (χ3v) is 2.66. The van der Waals surface area contributed by atoms with Crippen LogP contribution in [0.5, 0.6) is 0 Å². The second-order valence-electron chi connectivity index (χ2n) is 3.23. The van der Waals surface area contributed by atoms with Crippen molar-refractivity contribution in [2.75, 3.05) is 0 Å². The van der Waals surface area contributed by atoms with E-state index in [2.05, 4.69) is 9.97 Å². The van der Waals surface area contributed by atoms with E-state index in [1.165, 1.54) is 6.33 Å². The first-order valence-corrected chi connectivity index (χ1v) is 4.35. The molecule has 1 aromatic rings. The maximum atomic E-state index is 6.05. The van der Waals surface area contributed by atoms with E-state index in [1.807, 2.05) is 0 Å². The number of hydrogen-bond acceptors (Lipinski definition) is 3. The highest BCUT2D eigenvalue weighted by atomic mass is 35.5. The molecule has 1 aliphatic rings. The van der Waals surface area contributed by atoms with Gasteiger partial charge in [0.1, 0.15) is 6.33 Å². The van der Waals surface area contributed by atoms with Crippen LogP contribution in [0.1, 0.15) is 25.0 Å². The van der Waals surface area contributed by atoms with Crippen molar-refractivity contribution < 1.29 is 0 Å². The lowest BCUT2D eigenvalue weighted by atomic mass is 9.75. The predicted molar refractivity (Wildman–Crippen MR) is 46.8 cm³/mol. The number of aromatic nitrogens is 2. The Balaban J connectivity index is 2.39. The van der Waals surface area contributed by atoms with Crippen molar-refractivity contribution in [3.63, 3.8) is 0 Å². The fourth-order valence-electron chi connectivity index (χ4n) is 1.47. The second kappa shape index (κ2) is 2.68. The van der Waals surface area contributed by atoms with Crippen LogP contribution in [-0.4, -0.2) is 9.97 Å². The molecule has 2 N–H and O–H groups in total. The van der Waals surface area contributed by atoms with Crippen LogP contribution in [0.2, 0.25) is 5.02 Å². The van der Waals surface area contributed by atoms with E-state index in [0.29, 0.717) is 5.02 Å². The van der Waals surface area contributed by atoms with Gasteiger partial charge in [0.15, 0.2) is 0 Å². The third kappa shape index (κ3) is 1.09. The Bertz CT molecular complexity index is 296. The molecule has 64 valence electrons. The van der Waals surface area contributed by atoms with Gasteiger partial charge in [0, 0.05) is 6.20 Å². The molecule has 1 fully saturated rings. The Morgan fingerprint density at radius 2 is 2.25 bits per heavy atom. The van der Waals surface area contributed by atoms with Gasteiger partial charge < -0.3 is 5.73 Å². The first-order valence-electron chi connectivity index (χ1n) is 3.97. The maximum Gasteiger partial charge on any atom is 0.115 e. The third-order valence-electron chi connectivity index (χ3n) is 2.38. The maximum absolute atomic E-state index is 6.05. The van der Waals surface area contributed by atoms with Crippen LogP contribution in [0.3, 0.4) is 0 Å². The summed E-state index contributed by atoms with van der Waals surface area (Å²) < 4.78 is 0. The molecule has 3 nitrogen and oxygen atoms in total. The van der Waals surface area contributed by atoms with E-state index in [4.69, 9.17) is 17.3 Å². The lowest BCUT2D eigenvalue weighted by molar-refractivity contribution is 0.246. The van der Waals surface area contributed by atoms with Crippen LogP contribution in [0.4, 0.5) is 0 Å². The van der Waals surface area contributed by atoms with Gasteiger partial charge in [-0.3, -0.25) is 0 Å². The van der Waals surface area contributed by atoms with Gasteiger partial charge in [-0.05, 0) is 19.3 Å². The minimum absolute atomic E-state index is 0.278. The largest absolute Gasteiger partial charge is 0.320 e. The molecule has 1 heterocycles. The predicted octanol–water partition coefficient (Wildman–Crippen LogP) is 1.47. The molecule has 0 unspecified atom stereocenters. The summed E-state index contributed by atoms with van der Waals surface area (Å²) in [7, 11) is 0. The number of nitrogens with zero attached hydrogens (tertiary/aromatic N) is 2. The summed E-state index contributed by atoms with van der Waals surface area (Å²) in [6, 6.07) is 0. The van der Waals surface area contributed by atoms with Crippen molar-refractivity contribution in [1.82, 2.24) is 9.97 Å². The van der Waals surface area contributed by atoms with Crippen LogP contribution in [0.25, 0.3) is 0 Å². The standard InChI is InChI=1S/C8H10ClN3/c9-6-4-11-5-12-7(6)8(10)2-1-3-8/h4-5H,1-3,10H2. The summed E-state index contributed by atoms with van der Waals surface area (Å²) in [5.41, 5.74) is 6.57. The molecule has 0 bridgehead atoms. The van der Waals surface area contributed by atoms with E-state index < -0.39 is 0 Å². The van der Waals surface area contributed by atoms with Crippen LogP contribution in [0.15, 0.2) is 12.5 Å². The van der Waals surface area contributed by atoms with Crippen molar-refractivity contribution in [2.24, 2.45) is 5.73 Å². The molecular formula is C8H10ClN3. The summed E-state index contributed by atoms with van der Waals surface area (Å²) in [4.78, 5) is 7.92. The summed E-state index contributed by atoms with van der Waals surface area (Å²) in [6.07, 6.45) is 6.20. The van der Waals surface area contributed by atoms with Crippen molar-refractivity contribution in [2.45, 2.75) is 24.8 Å². The Morgan fingerprint density at radius 1 is 1.50 bits per heavy atom. The minimum atomic E-state index is -0.278. The minimum Gasteiger partial charge on any atom is -0.320 e. The van der Waals surface area contributed by atoms with Gasteiger partial charge in [-0.2, -0.15) is 0 Å². The molecule has 2 rings (SSSR count). The Morgan fingerprint density at radius 3 is 2.75 bits per heavy atom. The molecule has 0 aliphatic heterocycles. The summed E-state index contributed by atoms with van der Waals surface area (Å²) >= 11 is 5.92. The molecule has 4 heteroatoms. The van der Waals surface area contributed by atoms with Gasteiger partial charge in [0.2, 0.25) is 0 Å². The SMILES string of the molecule is NC1(c2ncncc2Cl)CCC1. The lowest BCUT2D eigenvalue weighted by Gasteiger charge is -2.37. The molecule has 0 radical (unpaired) electrons. The highest BCUT2D eigenvalue weighted by Gasteiger charge is 2.37. The molecule has 0 spiro atoms.